The predicted molar refractivity (Wildman–Crippen MR) is 294 cm³/mol. The number of fused-ring (bicyclic) bond motifs is 9. The van der Waals surface area contributed by atoms with Crippen molar-refractivity contribution in [3.8, 4) is 33.4 Å². The number of rotatable bonds is 8. The third-order valence-electron chi connectivity index (χ3n) is 14.6. The van der Waals surface area contributed by atoms with Crippen molar-refractivity contribution >= 4 is 77.2 Å². The van der Waals surface area contributed by atoms with Crippen molar-refractivity contribution in [1.29, 1.82) is 0 Å². The molecule has 13 rings (SSSR count). The first-order chi connectivity index (χ1) is 34.0. The lowest BCUT2D eigenvalue weighted by Crippen LogP contribution is -2.18. The summed E-state index contributed by atoms with van der Waals surface area (Å²) >= 11 is 0. The molecule has 0 spiro atoms. The van der Waals surface area contributed by atoms with Crippen molar-refractivity contribution in [2.24, 2.45) is 0 Å². The second-order valence-corrected chi connectivity index (χ2v) is 18.9. The first kappa shape index (κ1) is 40.5. The molecule has 0 aromatic heterocycles. The molecule has 12 aromatic carbocycles. The fourth-order valence-electron chi connectivity index (χ4n) is 11.2. The van der Waals surface area contributed by atoms with Gasteiger partial charge < -0.3 is 9.80 Å². The number of anilines is 6. The van der Waals surface area contributed by atoms with Gasteiger partial charge >= 0.3 is 0 Å². The molecule has 0 aliphatic heterocycles. The van der Waals surface area contributed by atoms with Crippen molar-refractivity contribution in [1.82, 2.24) is 0 Å². The summed E-state index contributed by atoms with van der Waals surface area (Å²) in [5.41, 5.74) is 16.5. The minimum atomic E-state index is -0.306. The second kappa shape index (κ2) is 16.3. The third-order valence-corrected chi connectivity index (χ3v) is 14.6. The summed E-state index contributed by atoms with van der Waals surface area (Å²) in [7, 11) is 0. The summed E-state index contributed by atoms with van der Waals surface area (Å²) in [4.78, 5) is 4.94. The van der Waals surface area contributed by atoms with Crippen LogP contribution in [0.5, 0.6) is 0 Å². The van der Waals surface area contributed by atoms with E-state index < -0.39 is 0 Å². The van der Waals surface area contributed by atoms with Crippen molar-refractivity contribution in [2.75, 3.05) is 9.80 Å². The lowest BCUT2D eigenvalue weighted by molar-refractivity contribution is 0.660. The highest BCUT2D eigenvalue weighted by molar-refractivity contribution is 6.16. The average molecular weight is 881 g/mol. The standard InChI is InChI=1S/C67H48N2/c1-67(2)63-43-53(68(51-33-29-47(30-34-51)45-17-5-3-6-18-45)65-41-49-21-9-11-23-55(49)57-25-13-15-27-61(57)65)37-39-59(63)60-40-38-54(44-64(60)67)69(52-35-31-48(32-36-52)46-19-7-4-8-20-46)66-42-50-22-10-12-24-56(50)58-26-14-16-28-62(58)66/h3-44H,1-2H3. The normalized spacial score (nSPS) is 12.6. The summed E-state index contributed by atoms with van der Waals surface area (Å²) in [6.45, 7) is 4.81. The molecule has 69 heavy (non-hydrogen) atoms. The number of benzene rings is 12. The molecule has 2 heteroatoms. The summed E-state index contributed by atoms with van der Waals surface area (Å²) in [5, 5.41) is 9.89. The van der Waals surface area contributed by atoms with Crippen molar-refractivity contribution in [3.05, 3.63) is 266 Å². The molecule has 0 amide bonds. The lowest BCUT2D eigenvalue weighted by atomic mass is 9.82. The summed E-state index contributed by atoms with van der Waals surface area (Å²) in [6.07, 6.45) is 0. The SMILES string of the molecule is CC1(C)c2cc(N(c3ccc(-c4ccccc4)cc3)c3cc4ccccc4c4ccccc34)ccc2-c2ccc(N(c3ccc(-c4ccccc4)cc3)c3cc4ccccc4c4ccccc34)cc21. The van der Waals surface area contributed by atoms with Gasteiger partial charge in [0.2, 0.25) is 0 Å². The maximum Gasteiger partial charge on any atom is 0.0546 e. The van der Waals surface area contributed by atoms with E-state index in [1.165, 1.54) is 87.6 Å². The van der Waals surface area contributed by atoms with Crippen LogP contribution in [0.3, 0.4) is 0 Å². The van der Waals surface area contributed by atoms with Crippen LogP contribution in [-0.2, 0) is 5.41 Å². The Labute approximate surface area is 403 Å². The molecule has 0 saturated carbocycles. The van der Waals surface area contributed by atoms with E-state index in [9.17, 15) is 0 Å². The summed E-state index contributed by atoms with van der Waals surface area (Å²) in [6, 6.07) is 93.8. The molecule has 0 fully saturated rings. The first-order valence-corrected chi connectivity index (χ1v) is 24.0. The Bertz CT molecular complexity index is 3650. The molecular formula is C67H48N2. The van der Waals surface area contributed by atoms with Crippen molar-refractivity contribution in [2.45, 2.75) is 19.3 Å². The number of hydrogen-bond donors (Lipinski definition) is 0. The van der Waals surface area contributed by atoms with E-state index in [0.717, 1.165) is 34.1 Å². The van der Waals surface area contributed by atoms with Gasteiger partial charge in [0, 0.05) is 38.9 Å². The van der Waals surface area contributed by atoms with E-state index in [1.807, 2.05) is 0 Å². The van der Waals surface area contributed by atoms with Crippen LogP contribution in [0.2, 0.25) is 0 Å². The van der Waals surface area contributed by atoms with Gasteiger partial charge in [0.1, 0.15) is 0 Å². The van der Waals surface area contributed by atoms with Crippen molar-refractivity contribution < 1.29 is 0 Å². The topological polar surface area (TPSA) is 6.48 Å². The molecule has 1 aliphatic carbocycles. The Kier molecular flexibility index (Phi) is 9.55. The molecule has 0 bridgehead atoms. The monoisotopic (exact) mass is 880 g/mol. The first-order valence-electron chi connectivity index (χ1n) is 24.0. The zero-order chi connectivity index (χ0) is 46.1. The van der Waals surface area contributed by atoms with Crippen molar-refractivity contribution in [3.63, 3.8) is 0 Å². The van der Waals surface area contributed by atoms with Crippen LogP contribution in [0.1, 0.15) is 25.0 Å². The molecule has 0 heterocycles. The van der Waals surface area contributed by atoms with Gasteiger partial charge in [-0.25, -0.2) is 0 Å². The zero-order valence-electron chi connectivity index (χ0n) is 38.6. The molecule has 0 radical (unpaired) electrons. The van der Waals surface area contributed by atoms with E-state index in [-0.39, 0.29) is 5.41 Å². The fourth-order valence-corrected chi connectivity index (χ4v) is 11.2. The van der Waals surface area contributed by atoms with Gasteiger partial charge in [-0.2, -0.15) is 0 Å². The van der Waals surface area contributed by atoms with Crippen LogP contribution in [0.15, 0.2) is 255 Å². The molecule has 326 valence electrons. The molecule has 0 N–H and O–H groups in total. The van der Waals surface area contributed by atoms with Gasteiger partial charge in [-0.05, 0) is 137 Å². The van der Waals surface area contributed by atoms with Gasteiger partial charge in [-0.3, -0.25) is 0 Å². The predicted octanol–water partition coefficient (Wildman–Crippen LogP) is 18.9. The van der Waals surface area contributed by atoms with E-state index in [4.69, 9.17) is 0 Å². The molecule has 0 saturated heterocycles. The fraction of sp³-hybridized carbons (Fsp3) is 0.0448. The molecule has 0 atom stereocenters. The Balaban J connectivity index is 0.966. The molecule has 12 aromatic rings. The minimum Gasteiger partial charge on any atom is -0.310 e. The van der Waals surface area contributed by atoms with Gasteiger partial charge in [0.05, 0.1) is 11.4 Å². The highest BCUT2D eigenvalue weighted by atomic mass is 15.1. The minimum absolute atomic E-state index is 0.306. The van der Waals surface area contributed by atoms with Gasteiger partial charge in [0.25, 0.3) is 0 Å². The van der Waals surface area contributed by atoms with Crippen LogP contribution in [-0.4, -0.2) is 0 Å². The quantitative estimate of drug-likeness (QED) is 0.140. The lowest BCUT2D eigenvalue weighted by Gasteiger charge is -2.30. The molecule has 0 unspecified atom stereocenters. The highest BCUT2D eigenvalue weighted by Crippen LogP contribution is 2.54. The largest absolute Gasteiger partial charge is 0.310 e. The Morgan fingerprint density at radius 1 is 0.261 bits per heavy atom. The maximum atomic E-state index is 2.47. The van der Waals surface area contributed by atoms with Crippen LogP contribution in [0.4, 0.5) is 34.1 Å². The molecule has 1 aliphatic rings. The Morgan fingerprint density at radius 2 is 0.580 bits per heavy atom. The van der Waals surface area contributed by atoms with Crippen LogP contribution < -0.4 is 9.80 Å². The number of nitrogens with zero attached hydrogens (tertiary/aromatic N) is 2. The maximum absolute atomic E-state index is 2.47. The van der Waals surface area contributed by atoms with Gasteiger partial charge in [0.15, 0.2) is 0 Å². The van der Waals surface area contributed by atoms with Crippen LogP contribution >= 0.6 is 0 Å². The van der Waals surface area contributed by atoms with E-state index >= 15 is 0 Å². The second-order valence-electron chi connectivity index (χ2n) is 18.9. The Morgan fingerprint density at radius 3 is 0.986 bits per heavy atom. The zero-order valence-corrected chi connectivity index (χ0v) is 38.6. The van der Waals surface area contributed by atoms with E-state index in [2.05, 4.69) is 278 Å². The van der Waals surface area contributed by atoms with Gasteiger partial charge in [-0.15, -0.1) is 0 Å². The number of hydrogen-bond acceptors (Lipinski definition) is 2. The van der Waals surface area contributed by atoms with E-state index in [1.54, 1.807) is 0 Å². The van der Waals surface area contributed by atoms with E-state index in [0.29, 0.717) is 0 Å². The van der Waals surface area contributed by atoms with Gasteiger partial charge in [-0.1, -0.05) is 208 Å². The van der Waals surface area contributed by atoms with Crippen LogP contribution in [0.25, 0.3) is 76.5 Å². The third kappa shape index (κ3) is 6.79. The molecule has 2 nitrogen and oxygen atoms in total. The Hall–Kier alpha value is -8.72. The molecular weight excluding hydrogens is 833 g/mol. The summed E-state index contributed by atoms with van der Waals surface area (Å²) < 4.78 is 0. The summed E-state index contributed by atoms with van der Waals surface area (Å²) in [5.74, 6) is 0. The average Bonchev–Trinajstić information content (AvgIpc) is 3.64. The smallest absolute Gasteiger partial charge is 0.0546 e. The van der Waals surface area contributed by atoms with Crippen LogP contribution in [0, 0.1) is 0 Å². The highest BCUT2D eigenvalue weighted by Gasteiger charge is 2.37.